The topological polar surface area (TPSA) is 12.0 Å². The summed E-state index contributed by atoms with van der Waals surface area (Å²) in [6, 6.07) is 11.7. The lowest BCUT2D eigenvalue weighted by atomic mass is 9.93. The Labute approximate surface area is 110 Å². The van der Waals surface area contributed by atoms with Crippen LogP contribution in [-0.2, 0) is 0 Å². The van der Waals surface area contributed by atoms with Gasteiger partial charge in [-0.3, -0.25) is 0 Å². The molecule has 4 rings (SSSR count). The molecular formula is C17H23N. The van der Waals surface area contributed by atoms with Gasteiger partial charge in [-0.1, -0.05) is 37.3 Å². The van der Waals surface area contributed by atoms with E-state index in [0.29, 0.717) is 6.04 Å². The Balaban J connectivity index is 1.58. The molecule has 0 radical (unpaired) electrons. The van der Waals surface area contributed by atoms with E-state index in [1.54, 1.807) is 6.42 Å². The molecule has 96 valence electrons. The SMILES string of the molecule is CCNC(c1ccccc1)C1C2C3CCC(C3)C21. The zero-order valence-corrected chi connectivity index (χ0v) is 11.2. The third kappa shape index (κ3) is 1.50. The molecule has 1 aromatic carbocycles. The van der Waals surface area contributed by atoms with Crippen molar-refractivity contribution in [3.8, 4) is 0 Å². The molecule has 5 atom stereocenters. The van der Waals surface area contributed by atoms with Gasteiger partial charge in [0.25, 0.3) is 0 Å². The van der Waals surface area contributed by atoms with Crippen LogP contribution in [0.3, 0.4) is 0 Å². The summed E-state index contributed by atoms with van der Waals surface area (Å²) in [7, 11) is 0. The van der Waals surface area contributed by atoms with Crippen molar-refractivity contribution in [2.24, 2.45) is 29.6 Å². The lowest BCUT2D eigenvalue weighted by molar-refractivity contribution is 0.374. The second-order valence-corrected chi connectivity index (χ2v) is 6.51. The van der Waals surface area contributed by atoms with Gasteiger partial charge >= 0.3 is 0 Å². The minimum absolute atomic E-state index is 0.620. The maximum atomic E-state index is 3.76. The van der Waals surface area contributed by atoms with Crippen LogP contribution in [0.4, 0.5) is 0 Å². The Morgan fingerprint density at radius 3 is 2.39 bits per heavy atom. The summed E-state index contributed by atoms with van der Waals surface area (Å²) in [5.74, 6) is 5.23. The molecule has 3 aliphatic carbocycles. The molecule has 1 heteroatoms. The fraction of sp³-hybridized carbons (Fsp3) is 0.647. The van der Waals surface area contributed by atoms with E-state index in [9.17, 15) is 0 Å². The molecule has 0 heterocycles. The van der Waals surface area contributed by atoms with Gasteiger partial charge in [0.2, 0.25) is 0 Å². The standard InChI is InChI=1S/C17H23N/c1-2-18-17(11-6-4-3-5-7-11)16-14-12-8-9-13(10-12)15(14)16/h3-7,12-18H,2,8-10H2,1H3. The lowest BCUT2D eigenvalue weighted by Crippen LogP contribution is -2.25. The van der Waals surface area contributed by atoms with Crippen molar-refractivity contribution < 1.29 is 0 Å². The van der Waals surface area contributed by atoms with Crippen LogP contribution in [-0.4, -0.2) is 6.54 Å². The highest BCUT2D eigenvalue weighted by molar-refractivity contribution is 5.26. The Hall–Kier alpha value is -0.820. The predicted octanol–water partition coefficient (Wildman–Crippen LogP) is 3.63. The van der Waals surface area contributed by atoms with Crippen molar-refractivity contribution in [1.29, 1.82) is 0 Å². The first-order valence-corrected chi connectivity index (χ1v) is 7.68. The molecule has 5 unspecified atom stereocenters. The van der Waals surface area contributed by atoms with Crippen LogP contribution in [0.5, 0.6) is 0 Å². The molecule has 3 fully saturated rings. The van der Waals surface area contributed by atoms with Crippen molar-refractivity contribution in [2.45, 2.75) is 32.2 Å². The smallest absolute Gasteiger partial charge is 0.0354 e. The minimum Gasteiger partial charge on any atom is -0.310 e. The number of fused-ring (bicyclic) bond motifs is 5. The van der Waals surface area contributed by atoms with Gasteiger partial charge in [-0.05, 0) is 61.0 Å². The monoisotopic (exact) mass is 241 g/mol. The third-order valence-corrected chi connectivity index (χ3v) is 5.76. The summed E-state index contributed by atoms with van der Waals surface area (Å²) in [5, 5.41) is 3.76. The second-order valence-electron chi connectivity index (χ2n) is 6.51. The molecular weight excluding hydrogens is 218 g/mol. The molecule has 3 aliphatic rings. The molecule has 0 spiro atoms. The predicted molar refractivity (Wildman–Crippen MR) is 74.2 cm³/mol. The highest BCUT2D eigenvalue weighted by Crippen LogP contribution is 2.72. The molecule has 0 saturated heterocycles. The van der Waals surface area contributed by atoms with Crippen molar-refractivity contribution in [3.63, 3.8) is 0 Å². The third-order valence-electron chi connectivity index (χ3n) is 5.76. The van der Waals surface area contributed by atoms with Gasteiger partial charge in [0.15, 0.2) is 0 Å². The summed E-state index contributed by atoms with van der Waals surface area (Å²) >= 11 is 0. The Bertz CT molecular complexity index is 410. The zero-order valence-electron chi connectivity index (χ0n) is 11.2. The first-order valence-electron chi connectivity index (χ1n) is 7.68. The maximum Gasteiger partial charge on any atom is 0.0354 e. The number of hydrogen-bond acceptors (Lipinski definition) is 1. The Morgan fingerprint density at radius 1 is 1.11 bits per heavy atom. The lowest BCUT2D eigenvalue weighted by Gasteiger charge is -2.22. The molecule has 1 nitrogen and oxygen atoms in total. The fourth-order valence-corrected chi connectivity index (χ4v) is 5.19. The van der Waals surface area contributed by atoms with E-state index < -0.39 is 0 Å². The van der Waals surface area contributed by atoms with E-state index in [2.05, 4.69) is 42.6 Å². The number of benzene rings is 1. The van der Waals surface area contributed by atoms with Crippen LogP contribution in [0.15, 0.2) is 30.3 Å². The average molecular weight is 241 g/mol. The first kappa shape index (κ1) is 11.0. The van der Waals surface area contributed by atoms with E-state index in [1.165, 1.54) is 18.4 Å². The maximum absolute atomic E-state index is 3.76. The van der Waals surface area contributed by atoms with Crippen molar-refractivity contribution >= 4 is 0 Å². The van der Waals surface area contributed by atoms with E-state index in [-0.39, 0.29) is 0 Å². The van der Waals surface area contributed by atoms with Gasteiger partial charge in [0, 0.05) is 6.04 Å². The van der Waals surface area contributed by atoms with Crippen LogP contribution in [0.25, 0.3) is 0 Å². The second kappa shape index (κ2) is 4.09. The summed E-state index contributed by atoms with van der Waals surface area (Å²) < 4.78 is 0. The summed E-state index contributed by atoms with van der Waals surface area (Å²) in [6.45, 7) is 3.33. The molecule has 0 amide bonds. The van der Waals surface area contributed by atoms with Crippen LogP contribution in [0.2, 0.25) is 0 Å². The number of nitrogens with one attached hydrogen (secondary N) is 1. The van der Waals surface area contributed by atoms with Crippen LogP contribution in [0, 0.1) is 29.6 Å². The van der Waals surface area contributed by atoms with Gasteiger partial charge in [0.1, 0.15) is 0 Å². The van der Waals surface area contributed by atoms with E-state index in [0.717, 1.165) is 36.1 Å². The van der Waals surface area contributed by atoms with E-state index in [1.807, 2.05) is 0 Å². The summed E-state index contributed by atoms with van der Waals surface area (Å²) in [6.07, 6.45) is 4.60. The van der Waals surface area contributed by atoms with Gasteiger partial charge in [0.05, 0.1) is 0 Å². The summed E-state index contributed by atoms with van der Waals surface area (Å²) in [5.41, 5.74) is 1.51. The van der Waals surface area contributed by atoms with Crippen molar-refractivity contribution in [1.82, 2.24) is 5.32 Å². The average Bonchev–Trinajstić information content (AvgIpc) is 2.83. The zero-order chi connectivity index (χ0) is 12.1. The van der Waals surface area contributed by atoms with Crippen LogP contribution >= 0.6 is 0 Å². The van der Waals surface area contributed by atoms with Gasteiger partial charge in [-0.25, -0.2) is 0 Å². The molecule has 0 aromatic heterocycles. The Morgan fingerprint density at radius 2 is 1.78 bits per heavy atom. The molecule has 3 saturated carbocycles. The van der Waals surface area contributed by atoms with Gasteiger partial charge in [-0.15, -0.1) is 0 Å². The first-order chi connectivity index (χ1) is 8.90. The minimum atomic E-state index is 0.620. The highest BCUT2D eigenvalue weighted by atomic mass is 14.9. The van der Waals surface area contributed by atoms with Crippen molar-refractivity contribution in [2.75, 3.05) is 6.54 Å². The Kier molecular flexibility index (Phi) is 2.51. The van der Waals surface area contributed by atoms with E-state index in [4.69, 9.17) is 0 Å². The molecule has 2 bridgehead atoms. The van der Waals surface area contributed by atoms with Crippen LogP contribution in [0.1, 0.15) is 37.8 Å². The van der Waals surface area contributed by atoms with Gasteiger partial charge < -0.3 is 5.32 Å². The van der Waals surface area contributed by atoms with Gasteiger partial charge in [-0.2, -0.15) is 0 Å². The van der Waals surface area contributed by atoms with Crippen molar-refractivity contribution in [3.05, 3.63) is 35.9 Å². The quantitative estimate of drug-likeness (QED) is 0.849. The van der Waals surface area contributed by atoms with Crippen LogP contribution < -0.4 is 5.32 Å². The molecule has 1 N–H and O–H groups in total. The number of hydrogen-bond donors (Lipinski definition) is 1. The highest BCUT2D eigenvalue weighted by Gasteiger charge is 2.66. The molecule has 1 aromatic rings. The summed E-state index contributed by atoms with van der Waals surface area (Å²) in [4.78, 5) is 0. The normalized spacial score (nSPS) is 41.7. The fourth-order valence-electron chi connectivity index (χ4n) is 5.19. The molecule has 0 aliphatic heterocycles. The number of rotatable bonds is 4. The molecule has 18 heavy (non-hydrogen) atoms. The largest absolute Gasteiger partial charge is 0.310 e. The van der Waals surface area contributed by atoms with E-state index >= 15 is 0 Å².